The molecule has 7 heteroatoms. The molecular weight excluding hydrogens is 405 g/mol. The van der Waals surface area contributed by atoms with Crippen molar-refractivity contribution < 1.29 is 14.3 Å². The highest BCUT2D eigenvalue weighted by Gasteiger charge is 2.35. The lowest BCUT2D eigenvalue weighted by Crippen LogP contribution is -2.27. The number of carbonyl (C=O) groups is 2. The summed E-state index contributed by atoms with van der Waals surface area (Å²) in [5.74, 6) is 0.335. The molecule has 1 fully saturated rings. The third-order valence-corrected chi connectivity index (χ3v) is 5.41. The Kier molecular flexibility index (Phi) is 6.26. The number of hydrogen-bond acceptors (Lipinski definition) is 4. The molecule has 0 aliphatic carbocycles. The van der Waals surface area contributed by atoms with Crippen molar-refractivity contribution in [2.75, 3.05) is 6.61 Å². The zero-order chi connectivity index (χ0) is 19.4. The van der Waals surface area contributed by atoms with E-state index in [1.807, 2.05) is 12.1 Å². The second kappa shape index (κ2) is 8.65. The average molecular weight is 420 g/mol. The van der Waals surface area contributed by atoms with E-state index in [1.54, 1.807) is 42.5 Å². The lowest BCUT2D eigenvalue weighted by Gasteiger charge is -2.14. The van der Waals surface area contributed by atoms with Gasteiger partial charge in [-0.25, -0.2) is 0 Å². The van der Waals surface area contributed by atoms with E-state index < -0.39 is 0 Å². The molecule has 2 amide bonds. The summed E-state index contributed by atoms with van der Waals surface area (Å²) in [5, 5.41) is 0.481. The van der Waals surface area contributed by atoms with Gasteiger partial charge in [0.1, 0.15) is 12.4 Å². The molecule has 0 aromatic heterocycles. The minimum atomic E-state index is -0.368. The number of hydrogen-bond donors (Lipinski definition) is 0. The van der Waals surface area contributed by atoms with Gasteiger partial charge in [0, 0.05) is 15.6 Å². The summed E-state index contributed by atoms with van der Waals surface area (Å²) in [6.45, 7) is 4.05. The Balaban J connectivity index is 1.77. The molecule has 138 valence electrons. The summed E-state index contributed by atoms with van der Waals surface area (Å²) in [7, 11) is 0. The fourth-order valence-electron chi connectivity index (χ4n) is 2.44. The van der Waals surface area contributed by atoms with Crippen LogP contribution in [-0.4, -0.2) is 22.7 Å². The van der Waals surface area contributed by atoms with Crippen LogP contribution in [0.2, 0.25) is 10.0 Å². The predicted octanol–water partition coefficient (Wildman–Crippen LogP) is 5.79. The molecule has 1 aliphatic rings. The second-order valence-electron chi connectivity index (χ2n) is 5.64. The minimum absolute atomic E-state index is 0.0366. The highest BCUT2D eigenvalue weighted by Crippen LogP contribution is 2.35. The molecule has 2 aromatic carbocycles. The molecule has 1 saturated heterocycles. The number of benzene rings is 2. The number of nitrogens with zero attached hydrogens (tertiary/aromatic N) is 1. The normalized spacial score (nSPS) is 15.5. The van der Waals surface area contributed by atoms with Gasteiger partial charge < -0.3 is 4.74 Å². The molecule has 0 saturated carbocycles. The topological polar surface area (TPSA) is 46.6 Å². The zero-order valence-corrected chi connectivity index (χ0v) is 16.5. The van der Waals surface area contributed by atoms with Crippen LogP contribution in [-0.2, 0) is 11.3 Å². The molecule has 1 heterocycles. The number of halogens is 2. The first-order valence-electron chi connectivity index (χ1n) is 8.01. The number of imide groups is 1. The van der Waals surface area contributed by atoms with Crippen LogP contribution in [0.25, 0.3) is 6.08 Å². The number of ether oxygens (including phenoxy) is 1. The van der Waals surface area contributed by atoms with Crippen molar-refractivity contribution in [2.45, 2.75) is 6.54 Å². The summed E-state index contributed by atoms with van der Waals surface area (Å²) < 4.78 is 5.43. The van der Waals surface area contributed by atoms with Crippen molar-refractivity contribution in [3.8, 4) is 5.75 Å². The van der Waals surface area contributed by atoms with Crippen LogP contribution >= 0.6 is 35.0 Å². The lowest BCUT2D eigenvalue weighted by molar-refractivity contribution is -0.123. The molecular formula is C20H15Cl2NO3S. The van der Waals surface area contributed by atoms with Crippen molar-refractivity contribution in [1.82, 2.24) is 4.90 Å². The average Bonchev–Trinajstić information content (AvgIpc) is 2.91. The van der Waals surface area contributed by atoms with Crippen molar-refractivity contribution in [3.05, 3.63) is 81.2 Å². The summed E-state index contributed by atoms with van der Waals surface area (Å²) in [5.41, 5.74) is 1.34. The number of thioether (sulfide) groups is 1. The van der Waals surface area contributed by atoms with Crippen LogP contribution in [0.4, 0.5) is 4.79 Å². The monoisotopic (exact) mass is 419 g/mol. The third-order valence-electron chi connectivity index (χ3n) is 3.80. The molecule has 1 aliphatic heterocycles. The first-order valence-corrected chi connectivity index (χ1v) is 9.59. The van der Waals surface area contributed by atoms with E-state index in [-0.39, 0.29) is 17.7 Å². The smallest absolute Gasteiger partial charge is 0.293 e. The Hall–Kier alpha value is -2.21. The largest absolute Gasteiger partial charge is 0.490 e. The quantitative estimate of drug-likeness (QED) is 0.438. The van der Waals surface area contributed by atoms with E-state index in [2.05, 4.69) is 6.58 Å². The Morgan fingerprint density at radius 3 is 2.37 bits per heavy atom. The predicted molar refractivity (Wildman–Crippen MR) is 110 cm³/mol. The maximum atomic E-state index is 12.6. The number of carbonyl (C=O) groups excluding carboxylic acids is 2. The Morgan fingerprint density at radius 1 is 1.07 bits per heavy atom. The molecule has 2 aromatic rings. The van der Waals surface area contributed by atoms with E-state index in [9.17, 15) is 9.59 Å². The third kappa shape index (κ3) is 4.56. The maximum absolute atomic E-state index is 12.6. The summed E-state index contributed by atoms with van der Waals surface area (Å²) >= 11 is 13.2. The Bertz CT molecular complexity index is 905. The number of amides is 2. The zero-order valence-electron chi connectivity index (χ0n) is 14.2. The molecule has 0 N–H and O–H groups in total. The molecule has 27 heavy (non-hydrogen) atoms. The Labute approximate surface area is 171 Å². The molecule has 0 unspecified atom stereocenters. The summed E-state index contributed by atoms with van der Waals surface area (Å²) in [4.78, 5) is 26.4. The van der Waals surface area contributed by atoms with E-state index in [1.165, 1.54) is 0 Å². The van der Waals surface area contributed by atoms with Gasteiger partial charge in [0.2, 0.25) is 0 Å². The fraction of sp³-hybridized carbons (Fsp3) is 0.100. The highest BCUT2D eigenvalue weighted by atomic mass is 35.5. The van der Waals surface area contributed by atoms with Crippen LogP contribution in [0.15, 0.2) is 60.0 Å². The van der Waals surface area contributed by atoms with E-state index in [4.69, 9.17) is 27.9 Å². The van der Waals surface area contributed by atoms with Crippen LogP contribution in [0.5, 0.6) is 5.75 Å². The van der Waals surface area contributed by atoms with Gasteiger partial charge >= 0.3 is 0 Å². The van der Waals surface area contributed by atoms with E-state index in [0.717, 1.165) is 22.2 Å². The van der Waals surface area contributed by atoms with Crippen molar-refractivity contribution in [2.24, 2.45) is 0 Å². The number of rotatable bonds is 6. The lowest BCUT2D eigenvalue weighted by atomic mass is 10.2. The van der Waals surface area contributed by atoms with Crippen LogP contribution in [0.1, 0.15) is 11.1 Å². The Morgan fingerprint density at radius 2 is 1.74 bits per heavy atom. The maximum Gasteiger partial charge on any atom is 0.293 e. The van der Waals surface area contributed by atoms with Gasteiger partial charge in [-0.15, -0.1) is 0 Å². The van der Waals surface area contributed by atoms with Gasteiger partial charge in [-0.05, 0) is 47.7 Å². The summed E-state index contributed by atoms with van der Waals surface area (Å²) in [6.07, 6.45) is 3.34. The minimum Gasteiger partial charge on any atom is -0.490 e. The van der Waals surface area contributed by atoms with Crippen LogP contribution < -0.4 is 4.74 Å². The summed E-state index contributed by atoms with van der Waals surface area (Å²) in [6, 6.07) is 12.3. The van der Waals surface area contributed by atoms with Crippen LogP contribution in [0, 0.1) is 0 Å². The highest BCUT2D eigenvalue weighted by molar-refractivity contribution is 8.18. The van der Waals surface area contributed by atoms with Gasteiger partial charge in [0.15, 0.2) is 0 Å². The van der Waals surface area contributed by atoms with Gasteiger partial charge in [-0.1, -0.05) is 54.1 Å². The second-order valence-corrected chi connectivity index (χ2v) is 7.44. The van der Waals surface area contributed by atoms with Gasteiger partial charge in [-0.2, -0.15) is 0 Å². The van der Waals surface area contributed by atoms with Crippen molar-refractivity contribution >= 4 is 52.2 Å². The van der Waals surface area contributed by atoms with E-state index >= 15 is 0 Å². The van der Waals surface area contributed by atoms with Gasteiger partial charge in [-0.3, -0.25) is 14.5 Å². The van der Waals surface area contributed by atoms with E-state index in [0.29, 0.717) is 32.9 Å². The molecule has 0 bridgehead atoms. The first kappa shape index (κ1) is 19.5. The molecule has 3 rings (SSSR count). The standard InChI is InChI=1S/C20H15Cl2NO3S/c1-2-10-26-14-8-6-13(7-9-14)11-18-19(24)23(20(25)27-18)12-15-16(21)4-3-5-17(15)22/h2-9,11H,1,10,12H2/b18-11+. The molecule has 0 spiro atoms. The van der Waals surface area contributed by atoms with Gasteiger partial charge in [0.05, 0.1) is 11.4 Å². The van der Waals surface area contributed by atoms with Gasteiger partial charge in [0.25, 0.3) is 11.1 Å². The first-order chi connectivity index (χ1) is 13.0. The molecule has 4 nitrogen and oxygen atoms in total. The van der Waals surface area contributed by atoms with Crippen molar-refractivity contribution in [3.63, 3.8) is 0 Å². The SMILES string of the molecule is C=CCOc1ccc(/C=C2/SC(=O)N(Cc3c(Cl)cccc3Cl)C2=O)cc1. The van der Waals surface area contributed by atoms with Crippen LogP contribution in [0.3, 0.4) is 0 Å². The van der Waals surface area contributed by atoms with Crippen molar-refractivity contribution in [1.29, 1.82) is 0 Å². The molecule has 0 radical (unpaired) electrons. The molecule has 0 atom stereocenters. The fourth-order valence-corrected chi connectivity index (χ4v) is 3.80.